The second kappa shape index (κ2) is 10.3. The van der Waals surface area contributed by atoms with Crippen LogP contribution in [0.3, 0.4) is 0 Å². The Hall–Kier alpha value is -4.03. The zero-order valence-corrected chi connectivity index (χ0v) is 19.5. The van der Waals surface area contributed by atoms with Gasteiger partial charge in [-0.25, -0.2) is 4.39 Å². The van der Waals surface area contributed by atoms with Gasteiger partial charge in [0.05, 0.1) is 17.0 Å². The van der Waals surface area contributed by atoms with Crippen LogP contribution in [0.1, 0.15) is 40.9 Å². The van der Waals surface area contributed by atoms with Gasteiger partial charge in [0.1, 0.15) is 17.7 Å². The predicted octanol–water partition coefficient (Wildman–Crippen LogP) is 4.70. The Morgan fingerprint density at radius 2 is 1.94 bits per heavy atom. The maximum atomic E-state index is 13.3. The lowest BCUT2D eigenvalue weighted by Gasteiger charge is -2.24. The van der Waals surface area contributed by atoms with Crippen molar-refractivity contribution in [3.05, 3.63) is 92.4 Å². The number of carbonyl (C=O) groups is 1. The van der Waals surface area contributed by atoms with Crippen LogP contribution in [0.4, 0.5) is 15.9 Å². The van der Waals surface area contributed by atoms with Crippen molar-refractivity contribution in [1.29, 1.82) is 5.26 Å². The number of nitro groups is 1. The highest BCUT2D eigenvalue weighted by molar-refractivity contribution is 5.93. The molecule has 0 radical (unpaired) electrons. The van der Waals surface area contributed by atoms with Gasteiger partial charge >= 0.3 is 0 Å². The lowest BCUT2D eigenvalue weighted by Crippen LogP contribution is -2.33. The van der Waals surface area contributed by atoms with Crippen LogP contribution in [0.2, 0.25) is 0 Å². The summed E-state index contributed by atoms with van der Waals surface area (Å²) in [6, 6.07) is 14.3. The Balaban J connectivity index is 1.80. The molecule has 3 aromatic rings. The van der Waals surface area contributed by atoms with Crippen LogP contribution >= 0.6 is 0 Å². The van der Waals surface area contributed by atoms with E-state index in [0.29, 0.717) is 23.5 Å². The highest BCUT2D eigenvalue weighted by Gasteiger charge is 2.22. The largest absolute Gasteiger partial charge is 0.326 e. The predicted molar refractivity (Wildman–Crippen MR) is 127 cm³/mol. The van der Waals surface area contributed by atoms with Crippen LogP contribution in [0, 0.1) is 41.1 Å². The van der Waals surface area contributed by atoms with Gasteiger partial charge in [-0.3, -0.25) is 19.8 Å². The molecule has 3 rings (SSSR count). The van der Waals surface area contributed by atoms with Crippen LogP contribution in [0.25, 0.3) is 0 Å². The second-order valence-corrected chi connectivity index (χ2v) is 8.25. The summed E-state index contributed by atoms with van der Waals surface area (Å²) in [5, 5.41) is 23.7. The molecule has 1 atom stereocenters. The van der Waals surface area contributed by atoms with E-state index in [-0.39, 0.29) is 30.0 Å². The highest BCUT2D eigenvalue weighted by atomic mass is 19.1. The summed E-state index contributed by atoms with van der Waals surface area (Å²) in [6.45, 7) is 5.92. The fraction of sp³-hybridized carbons (Fsp3) is 0.280. The van der Waals surface area contributed by atoms with E-state index in [1.807, 2.05) is 25.3 Å². The number of likely N-dealkylation sites (N-methyl/N-ethyl adjacent to an activating group) is 1. The van der Waals surface area contributed by atoms with Gasteiger partial charge in [-0.1, -0.05) is 24.3 Å². The summed E-state index contributed by atoms with van der Waals surface area (Å²) in [5.74, 6) is -0.270. The van der Waals surface area contributed by atoms with Crippen LogP contribution in [-0.4, -0.2) is 33.9 Å². The maximum absolute atomic E-state index is 13.3. The molecule has 0 fully saturated rings. The maximum Gasteiger partial charge on any atom is 0.269 e. The molecule has 1 amide bonds. The number of nitrogens with zero attached hydrogens (tertiary/aromatic N) is 4. The van der Waals surface area contributed by atoms with Gasteiger partial charge in [-0.05, 0) is 56.6 Å². The molecular weight excluding hydrogens is 437 g/mol. The van der Waals surface area contributed by atoms with E-state index in [0.717, 1.165) is 16.8 Å². The number of anilines is 1. The normalized spacial score (nSPS) is 11.8. The molecule has 0 saturated heterocycles. The number of nitriles is 1. The van der Waals surface area contributed by atoms with Gasteiger partial charge < -0.3 is 9.88 Å². The van der Waals surface area contributed by atoms with Crippen LogP contribution in [0.15, 0.2) is 48.5 Å². The SMILES string of the molecule is Cc1c(C#N)c(NC(=O)CN(C)C(C)c2cccc([N+](=O)[O-])c2)n(Cc2ccc(F)cc2)c1C. The molecule has 8 nitrogen and oxygen atoms in total. The summed E-state index contributed by atoms with van der Waals surface area (Å²) >= 11 is 0. The number of aromatic nitrogens is 1. The standard InChI is InChI=1S/C25H26FN5O3/c1-16-17(2)30(14-19-8-10-21(26)11-9-19)25(23(16)13-27)28-24(32)15-29(4)18(3)20-6-5-7-22(12-20)31(33)34/h5-12,18H,14-15H2,1-4H3,(H,28,32). The van der Waals surface area contributed by atoms with E-state index < -0.39 is 4.92 Å². The molecule has 1 N–H and O–H groups in total. The quantitative estimate of drug-likeness (QED) is 0.385. The van der Waals surface area contributed by atoms with Crippen molar-refractivity contribution in [1.82, 2.24) is 9.47 Å². The van der Waals surface area contributed by atoms with Crippen molar-refractivity contribution in [2.75, 3.05) is 18.9 Å². The smallest absolute Gasteiger partial charge is 0.269 e. The lowest BCUT2D eigenvalue weighted by atomic mass is 10.1. The number of hydrogen-bond donors (Lipinski definition) is 1. The number of nitro benzene ring substituents is 1. The van der Waals surface area contributed by atoms with E-state index in [9.17, 15) is 24.6 Å². The van der Waals surface area contributed by atoms with E-state index in [4.69, 9.17) is 0 Å². The minimum atomic E-state index is -0.452. The summed E-state index contributed by atoms with van der Waals surface area (Å²) in [7, 11) is 1.75. The van der Waals surface area contributed by atoms with Gasteiger partial charge in [0.25, 0.3) is 5.69 Å². The van der Waals surface area contributed by atoms with Gasteiger partial charge in [0.15, 0.2) is 0 Å². The summed E-state index contributed by atoms with van der Waals surface area (Å²) in [4.78, 5) is 25.3. The molecule has 34 heavy (non-hydrogen) atoms. The summed E-state index contributed by atoms with van der Waals surface area (Å²) in [5.41, 5.74) is 3.50. The van der Waals surface area contributed by atoms with Gasteiger partial charge in [0.2, 0.25) is 5.91 Å². The second-order valence-electron chi connectivity index (χ2n) is 8.25. The molecule has 176 valence electrons. The first-order chi connectivity index (χ1) is 16.1. The summed E-state index contributed by atoms with van der Waals surface area (Å²) in [6.07, 6.45) is 0. The number of benzene rings is 2. The third-order valence-electron chi connectivity index (χ3n) is 6.07. The molecule has 1 heterocycles. The minimum Gasteiger partial charge on any atom is -0.326 e. The molecule has 0 aliphatic carbocycles. The molecule has 2 aromatic carbocycles. The van der Waals surface area contributed by atoms with Crippen LogP contribution in [0.5, 0.6) is 0 Å². The molecule has 0 aliphatic rings. The van der Waals surface area contributed by atoms with Crippen LogP contribution < -0.4 is 5.32 Å². The number of nitrogens with one attached hydrogen (secondary N) is 1. The molecule has 0 aliphatic heterocycles. The first-order valence-corrected chi connectivity index (χ1v) is 10.7. The Labute approximate surface area is 197 Å². The fourth-order valence-electron chi connectivity index (χ4n) is 3.79. The Bertz CT molecular complexity index is 1260. The monoisotopic (exact) mass is 463 g/mol. The van der Waals surface area contributed by atoms with Crippen molar-refractivity contribution in [2.45, 2.75) is 33.4 Å². The molecule has 1 aromatic heterocycles. The van der Waals surface area contributed by atoms with Crippen molar-refractivity contribution < 1.29 is 14.1 Å². The number of halogens is 1. The average molecular weight is 464 g/mol. The number of rotatable bonds is 8. The third-order valence-corrected chi connectivity index (χ3v) is 6.07. The Morgan fingerprint density at radius 1 is 1.26 bits per heavy atom. The highest BCUT2D eigenvalue weighted by Crippen LogP contribution is 2.28. The average Bonchev–Trinajstić information content (AvgIpc) is 3.03. The number of carbonyl (C=O) groups excluding carboxylic acids is 1. The van der Waals surface area contributed by atoms with Crippen LogP contribution in [-0.2, 0) is 11.3 Å². The van der Waals surface area contributed by atoms with E-state index in [1.165, 1.54) is 24.3 Å². The minimum absolute atomic E-state index is 0.00848. The fourth-order valence-corrected chi connectivity index (χ4v) is 3.79. The van der Waals surface area contributed by atoms with E-state index >= 15 is 0 Å². The van der Waals surface area contributed by atoms with E-state index in [1.54, 1.807) is 36.2 Å². The number of amides is 1. The van der Waals surface area contributed by atoms with E-state index in [2.05, 4.69) is 11.4 Å². The Morgan fingerprint density at radius 3 is 2.56 bits per heavy atom. The lowest BCUT2D eigenvalue weighted by molar-refractivity contribution is -0.384. The van der Waals surface area contributed by atoms with Crippen molar-refractivity contribution in [3.8, 4) is 6.07 Å². The topological polar surface area (TPSA) is 104 Å². The molecule has 0 saturated carbocycles. The van der Waals surface area contributed by atoms with Gasteiger partial charge in [-0.2, -0.15) is 5.26 Å². The molecule has 9 heteroatoms. The first-order valence-electron chi connectivity index (χ1n) is 10.7. The molecule has 1 unspecified atom stereocenters. The van der Waals surface area contributed by atoms with Gasteiger partial charge in [-0.15, -0.1) is 0 Å². The molecule has 0 bridgehead atoms. The molecular formula is C25H26FN5O3. The Kier molecular flexibility index (Phi) is 7.44. The van der Waals surface area contributed by atoms with Crippen molar-refractivity contribution in [3.63, 3.8) is 0 Å². The van der Waals surface area contributed by atoms with Crippen molar-refractivity contribution in [2.24, 2.45) is 0 Å². The zero-order chi connectivity index (χ0) is 25.0. The number of non-ortho nitro benzene ring substituents is 1. The van der Waals surface area contributed by atoms with Gasteiger partial charge in [0, 0.05) is 30.4 Å². The summed E-state index contributed by atoms with van der Waals surface area (Å²) < 4.78 is 15.1. The zero-order valence-electron chi connectivity index (χ0n) is 19.5. The first kappa shape index (κ1) is 24.6. The molecule has 0 spiro atoms. The third kappa shape index (κ3) is 5.30. The van der Waals surface area contributed by atoms with Crippen molar-refractivity contribution >= 4 is 17.4 Å². The number of hydrogen-bond acceptors (Lipinski definition) is 5.